The number of benzene rings is 9. The van der Waals surface area contributed by atoms with Crippen molar-refractivity contribution in [2.45, 2.75) is 20.8 Å². The second kappa shape index (κ2) is 13.1. The van der Waals surface area contributed by atoms with E-state index in [1.165, 1.54) is 55.8 Å². The Morgan fingerprint density at radius 2 is 0.855 bits per heavy atom. The number of hydrogen-bond acceptors (Lipinski definition) is 4. The molecule has 0 unspecified atom stereocenters. The van der Waals surface area contributed by atoms with Gasteiger partial charge in [0.25, 0.3) is 6.71 Å². The Morgan fingerprint density at radius 1 is 0.371 bits per heavy atom. The van der Waals surface area contributed by atoms with Crippen molar-refractivity contribution in [2.24, 2.45) is 0 Å². The van der Waals surface area contributed by atoms with Crippen LogP contribution in [0.4, 0.5) is 34.1 Å². The normalized spacial score (nSPS) is 13.0. The number of furan rings is 2. The first-order chi connectivity index (χ1) is 30.5. The van der Waals surface area contributed by atoms with Gasteiger partial charge in [-0.1, -0.05) is 127 Å². The number of hydrogen-bond donors (Lipinski definition) is 0. The van der Waals surface area contributed by atoms with Gasteiger partial charge < -0.3 is 18.6 Å². The summed E-state index contributed by atoms with van der Waals surface area (Å²) in [7, 11) is 0. The van der Waals surface area contributed by atoms with Crippen molar-refractivity contribution in [1.29, 1.82) is 0 Å². The maximum atomic E-state index is 6.47. The van der Waals surface area contributed by atoms with Crippen LogP contribution < -0.4 is 26.2 Å². The van der Waals surface area contributed by atoms with E-state index in [-0.39, 0.29) is 6.71 Å². The lowest BCUT2D eigenvalue weighted by molar-refractivity contribution is 0.669. The van der Waals surface area contributed by atoms with Crippen molar-refractivity contribution >= 4 is 101 Å². The average molecular weight is 795 g/mol. The summed E-state index contributed by atoms with van der Waals surface area (Å²) in [5.74, 6) is 0. The molecule has 0 atom stereocenters. The summed E-state index contributed by atoms with van der Waals surface area (Å²) in [6.45, 7) is 6.70. The van der Waals surface area contributed by atoms with Crippen molar-refractivity contribution in [3.8, 4) is 22.3 Å². The summed E-state index contributed by atoms with van der Waals surface area (Å²) >= 11 is 0. The molecule has 5 heteroatoms. The van der Waals surface area contributed by atoms with Crippen LogP contribution in [0.15, 0.2) is 191 Å². The van der Waals surface area contributed by atoms with Gasteiger partial charge in [-0.3, -0.25) is 0 Å². The van der Waals surface area contributed by atoms with Gasteiger partial charge in [-0.15, -0.1) is 0 Å². The summed E-state index contributed by atoms with van der Waals surface area (Å²) in [6.07, 6.45) is 0. The molecule has 0 bridgehead atoms. The Labute approximate surface area is 360 Å². The third kappa shape index (κ3) is 5.09. The second-order valence-corrected chi connectivity index (χ2v) is 17.1. The van der Waals surface area contributed by atoms with Crippen molar-refractivity contribution in [2.75, 3.05) is 9.80 Å². The van der Waals surface area contributed by atoms with Crippen molar-refractivity contribution in [3.63, 3.8) is 0 Å². The number of para-hydroxylation sites is 4. The highest BCUT2D eigenvalue weighted by Gasteiger charge is 2.43. The van der Waals surface area contributed by atoms with Gasteiger partial charge in [-0.25, -0.2) is 0 Å². The Hall–Kier alpha value is -7.76. The van der Waals surface area contributed by atoms with Crippen LogP contribution in [0.25, 0.3) is 66.1 Å². The molecule has 0 N–H and O–H groups in total. The van der Waals surface area contributed by atoms with Gasteiger partial charge in [-0.05, 0) is 120 Å². The Morgan fingerprint density at radius 3 is 1.44 bits per heavy atom. The molecular formula is C57H39BN2O2. The predicted molar refractivity (Wildman–Crippen MR) is 260 cm³/mol. The largest absolute Gasteiger partial charge is 0.455 e. The van der Waals surface area contributed by atoms with Crippen LogP contribution in [0.5, 0.6) is 0 Å². The molecule has 0 saturated carbocycles. The topological polar surface area (TPSA) is 32.8 Å². The highest BCUT2D eigenvalue weighted by atomic mass is 16.3. The van der Waals surface area contributed by atoms with Crippen LogP contribution in [0.1, 0.15) is 16.7 Å². The van der Waals surface area contributed by atoms with Crippen LogP contribution in [0, 0.1) is 20.8 Å². The minimum absolute atomic E-state index is 0.0634. The molecule has 11 aromatic rings. The van der Waals surface area contributed by atoms with E-state index >= 15 is 0 Å². The molecule has 2 aliphatic heterocycles. The molecule has 2 aliphatic rings. The van der Waals surface area contributed by atoms with Crippen LogP contribution >= 0.6 is 0 Å². The second-order valence-electron chi connectivity index (χ2n) is 17.1. The fourth-order valence-electron chi connectivity index (χ4n) is 10.4. The quantitative estimate of drug-likeness (QED) is 0.166. The first kappa shape index (κ1) is 35.0. The van der Waals surface area contributed by atoms with Gasteiger partial charge in [0.05, 0.1) is 0 Å². The van der Waals surface area contributed by atoms with Gasteiger partial charge in [-0.2, -0.15) is 0 Å². The molecule has 4 nitrogen and oxygen atoms in total. The fraction of sp³-hybridized carbons (Fsp3) is 0.0526. The zero-order chi connectivity index (χ0) is 41.2. The van der Waals surface area contributed by atoms with E-state index in [4.69, 9.17) is 8.83 Å². The molecule has 13 rings (SSSR count). The smallest absolute Gasteiger partial charge is 0.252 e. The molecule has 9 aromatic carbocycles. The SMILES string of the molecule is Cc1ccc2c(c1)B1c3ccc(C)cc3N(c3ccc(-c4cccc5c4oc4ccccc45)cc3)c3cc(C)cc(c31)N2c1ccc(-c2cccc3c2oc2ccccc23)cc1. The van der Waals surface area contributed by atoms with Gasteiger partial charge in [0.2, 0.25) is 0 Å². The molecular weight excluding hydrogens is 755 g/mol. The Kier molecular flexibility index (Phi) is 7.42. The van der Waals surface area contributed by atoms with E-state index in [1.807, 2.05) is 24.3 Å². The number of rotatable bonds is 4. The molecule has 0 spiro atoms. The first-order valence-corrected chi connectivity index (χ1v) is 21.4. The molecule has 0 saturated heterocycles. The van der Waals surface area contributed by atoms with Gasteiger partial charge in [0.15, 0.2) is 0 Å². The minimum atomic E-state index is 0.0634. The summed E-state index contributed by atoms with van der Waals surface area (Å²) in [6, 6.07) is 66.3. The van der Waals surface area contributed by atoms with E-state index in [0.29, 0.717) is 0 Å². The lowest BCUT2D eigenvalue weighted by Crippen LogP contribution is -2.61. The highest BCUT2D eigenvalue weighted by Crippen LogP contribution is 2.46. The van der Waals surface area contributed by atoms with Gasteiger partial charge in [0.1, 0.15) is 22.3 Å². The third-order valence-electron chi connectivity index (χ3n) is 13.2. The summed E-state index contributed by atoms with van der Waals surface area (Å²) < 4.78 is 12.9. The number of anilines is 6. The zero-order valence-corrected chi connectivity index (χ0v) is 34.6. The van der Waals surface area contributed by atoms with E-state index in [9.17, 15) is 0 Å². The molecule has 292 valence electrons. The predicted octanol–water partition coefficient (Wildman–Crippen LogP) is 13.8. The average Bonchev–Trinajstić information content (AvgIpc) is 3.88. The lowest BCUT2D eigenvalue weighted by atomic mass is 9.33. The molecule has 0 aliphatic carbocycles. The van der Waals surface area contributed by atoms with E-state index < -0.39 is 0 Å². The van der Waals surface area contributed by atoms with Gasteiger partial charge >= 0.3 is 0 Å². The lowest BCUT2D eigenvalue weighted by Gasteiger charge is -2.44. The van der Waals surface area contributed by atoms with Crippen LogP contribution in [0.3, 0.4) is 0 Å². The van der Waals surface area contributed by atoms with E-state index in [0.717, 1.165) is 77.5 Å². The number of fused-ring (bicyclic) bond motifs is 10. The monoisotopic (exact) mass is 794 g/mol. The zero-order valence-electron chi connectivity index (χ0n) is 34.6. The maximum absolute atomic E-state index is 6.47. The third-order valence-corrected chi connectivity index (χ3v) is 13.2. The molecule has 0 radical (unpaired) electrons. The number of aryl methyl sites for hydroxylation is 3. The fourth-order valence-corrected chi connectivity index (χ4v) is 10.4. The Bertz CT molecular complexity index is 3640. The summed E-state index contributed by atoms with van der Waals surface area (Å²) in [5, 5.41) is 4.56. The van der Waals surface area contributed by atoms with E-state index in [2.05, 4.69) is 188 Å². The number of nitrogens with zero attached hydrogens (tertiary/aromatic N) is 2. The van der Waals surface area contributed by atoms with Crippen LogP contribution in [0.2, 0.25) is 0 Å². The molecule has 0 amide bonds. The molecule has 2 aromatic heterocycles. The highest BCUT2D eigenvalue weighted by molar-refractivity contribution is 7.00. The van der Waals surface area contributed by atoms with Crippen molar-refractivity contribution in [3.05, 3.63) is 199 Å². The Balaban J connectivity index is 0.969. The van der Waals surface area contributed by atoms with Gasteiger partial charge in [0, 0.05) is 66.8 Å². The summed E-state index contributed by atoms with van der Waals surface area (Å²) in [4.78, 5) is 4.98. The molecule has 0 fully saturated rings. The van der Waals surface area contributed by atoms with Crippen molar-refractivity contribution < 1.29 is 8.83 Å². The minimum Gasteiger partial charge on any atom is -0.455 e. The molecule has 4 heterocycles. The molecule has 62 heavy (non-hydrogen) atoms. The van der Waals surface area contributed by atoms with Crippen LogP contribution in [-0.2, 0) is 0 Å². The standard InChI is InChI=1S/C57H39BN2O2/c1-34-19-29-49-48(30-34)58-47-28-18-35(2)31-50(47)60(40-26-22-38(23-27-40)42-13-9-15-46-44-11-5-7-17-54(44)62-57(42)46)52-33-36(3)32-51(55(52)58)59(49)39-24-20-37(21-25-39)41-12-8-14-45-43-10-4-6-16-53(43)61-56(41)45/h4-33H,1-3H3. The maximum Gasteiger partial charge on any atom is 0.252 e. The van der Waals surface area contributed by atoms with Crippen LogP contribution in [-0.4, -0.2) is 6.71 Å². The van der Waals surface area contributed by atoms with Crippen molar-refractivity contribution in [1.82, 2.24) is 0 Å². The first-order valence-electron chi connectivity index (χ1n) is 21.4. The summed E-state index contributed by atoms with van der Waals surface area (Å²) in [5.41, 5.74) is 22.8. The van der Waals surface area contributed by atoms with E-state index in [1.54, 1.807) is 0 Å².